The van der Waals surface area contributed by atoms with Gasteiger partial charge in [0.15, 0.2) is 5.65 Å². The Bertz CT molecular complexity index is 1210. The zero-order valence-corrected chi connectivity index (χ0v) is 19.5. The minimum atomic E-state index is -4.59. The van der Waals surface area contributed by atoms with E-state index in [0.717, 1.165) is 63.1 Å². The van der Waals surface area contributed by atoms with Crippen LogP contribution in [0, 0.1) is 11.7 Å². The van der Waals surface area contributed by atoms with E-state index in [2.05, 4.69) is 27.5 Å². The predicted molar refractivity (Wildman–Crippen MR) is 126 cm³/mol. The van der Waals surface area contributed by atoms with Crippen molar-refractivity contribution in [2.75, 3.05) is 17.2 Å². The molecule has 2 aromatic heterocycles. The van der Waals surface area contributed by atoms with Crippen LogP contribution in [0.4, 0.5) is 35.1 Å². The Hall–Kier alpha value is -2.95. The van der Waals surface area contributed by atoms with Crippen LogP contribution < -0.4 is 16.4 Å². The average Bonchev–Trinajstić information content (AvgIpc) is 3.16. The van der Waals surface area contributed by atoms with Crippen LogP contribution in [0.1, 0.15) is 63.5 Å². The van der Waals surface area contributed by atoms with Gasteiger partial charge in [0.1, 0.15) is 11.3 Å². The lowest BCUT2D eigenvalue weighted by molar-refractivity contribution is -0.137. The summed E-state index contributed by atoms with van der Waals surface area (Å²) in [5.74, 6) is 0.364. The van der Waals surface area contributed by atoms with E-state index in [1.54, 1.807) is 6.20 Å². The fourth-order valence-corrected chi connectivity index (χ4v) is 5.04. The highest BCUT2D eigenvalue weighted by atomic mass is 19.4. The van der Waals surface area contributed by atoms with Gasteiger partial charge in [0.25, 0.3) is 0 Å². The van der Waals surface area contributed by atoms with Gasteiger partial charge < -0.3 is 16.4 Å². The predicted octanol–water partition coefficient (Wildman–Crippen LogP) is 5.77. The molecule has 0 atom stereocenters. The average molecular weight is 492 g/mol. The number of fused-ring (bicyclic) bond motifs is 1. The van der Waals surface area contributed by atoms with Gasteiger partial charge in [-0.05, 0) is 82.5 Å². The summed E-state index contributed by atoms with van der Waals surface area (Å²) in [5.41, 5.74) is 5.63. The number of anilines is 3. The lowest BCUT2D eigenvalue weighted by Crippen LogP contribution is -2.42. The van der Waals surface area contributed by atoms with Gasteiger partial charge >= 0.3 is 6.18 Å². The first-order valence-corrected chi connectivity index (χ1v) is 12.0. The van der Waals surface area contributed by atoms with Crippen LogP contribution in [0.3, 0.4) is 0 Å². The van der Waals surface area contributed by atoms with Crippen molar-refractivity contribution in [2.24, 2.45) is 11.7 Å². The highest BCUT2D eigenvalue weighted by Crippen LogP contribution is 2.39. The summed E-state index contributed by atoms with van der Waals surface area (Å²) in [7, 11) is 0. The molecule has 2 aliphatic rings. The molecule has 0 spiro atoms. The molecule has 35 heavy (non-hydrogen) atoms. The second kappa shape index (κ2) is 8.92. The Morgan fingerprint density at radius 3 is 2.51 bits per heavy atom. The fourth-order valence-electron chi connectivity index (χ4n) is 5.04. The van der Waals surface area contributed by atoms with Crippen molar-refractivity contribution in [3.8, 4) is 0 Å². The molecule has 3 aromatic rings. The first kappa shape index (κ1) is 23.8. The number of hydrogen-bond acceptors (Lipinski definition) is 6. The molecule has 5 rings (SSSR count). The SMILES string of the molecule is CC1(Nc2ncc3nc(Nc4cc(C(F)(F)F)ccc4F)n(C4CCC(CN)CC4)c3n2)CCC1. The van der Waals surface area contributed by atoms with Crippen molar-refractivity contribution in [2.45, 2.75) is 69.6 Å². The van der Waals surface area contributed by atoms with Crippen LogP contribution in [-0.4, -0.2) is 31.6 Å². The number of imidazole rings is 1. The summed E-state index contributed by atoms with van der Waals surface area (Å²) in [6.45, 7) is 2.74. The molecule has 2 aliphatic carbocycles. The van der Waals surface area contributed by atoms with Crippen LogP contribution in [-0.2, 0) is 6.18 Å². The van der Waals surface area contributed by atoms with Crippen molar-refractivity contribution in [3.05, 3.63) is 35.8 Å². The van der Waals surface area contributed by atoms with Crippen LogP contribution in [0.15, 0.2) is 24.4 Å². The van der Waals surface area contributed by atoms with Crippen LogP contribution in [0.25, 0.3) is 11.2 Å². The summed E-state index contributed by atoms with van der Waals surface area (Å²) < 4.78 is 56.2. The third-order valence-electron chi connectivity index (χ3n) is 7.36. The van der Waals surface area contributed by atoms with Crippen LogP contribution in [0.5, 0.6) is 0 Å². The highest BCUT2D eigenvalue weighted by Gasteiger charge is 2.34. The lowest BCUT2D eigenvalue weighted by Gasteiger charge is -2.39. The third kappa shape index (κ3) is 4.78. The van der Waals surface area contributed by atoms with E-state index in [1.807, 2.05) is 4.57 Å². The number of nitrogens with two attached hydrogens (primary N) is 1. The Labute approximate surface area is 200 Å². The molecule has 11 heteroatoms. The van der Waals surface area contributed by atoms with E-state index in [-0.39, 0.29) is 23.2 Å². The summed E-state index contributed by atoms with van der Waals surface area (Å²) in [6.07, 6.45) is 3.69. The molecule has 0 aliphatic heterocycles. The summed E-state index contributed by atoms with van der Waals surface area (Å²) in [5, 5.41) is 6.22. The zero-order valence-electron chi connectivity index (χ0n) is 19.5. The van der Waals surface area contributed by atoms with Gasteiger partial charge in [0, 0.05) is 11.6 Å². The fraction of sp³-hybridized carbons (Fsp3) is 0.542. The van der Waals surface area contributed by atoms with Gasteiger partial charge in [0.05, 0.1) is 17.4 Å². The highest BCUT2D eigenvalue weighted by molar-refractivity contribution is 5.77. The minimum absolute atomic E-state index is 0.00111. The van der Waals surface area contributed by atoms with Gasteiger partial charge in [-0.25, -0.2) is 14.4 Å². The van der Waals surface area contributed by atoms with E-state index in [1.165, 1.54) is 0 Å². The quantitative estimate of drug-likeness (QED) is 0.379. The molecule has 0 bridgehead atoms. The number of halogens is 4. The Kier molecular flexibility index (Phi) is 6.06. The molecule has 4 N–H and O–H groups in total. The molecule has 0 amide bonds. The van der Waals surface area contributed by atoms with E-state index in [9.17, 15) is 17.6 Å². The van der Waals surface area contributed by atoms with Crippen molar-refractivity contribution in [1.82, 2.24) is 19.5 Å². The molecule has 188 valence electrons. The smallest absolute Gasteiger partial charge is 0.349 e. The maximum atomic E-state index is 14.5. The van der Waals surface area contributed by atoms with Gasteiger partial charge in [-0.3, -0.25) is 4.57 Å². The Morgan fingerprint density at radius 2 is 1.89 bits per heavy atom. The number of nitrogens with zero attached hydrogens (tertiary/aromatic N) is 4. The number of rotatable bonds is 6. The van der Waals surface area contributed by atoms with Gasteiger partial charge in [-0.2, -0.15) is 18.2 Å². The van der Waals surface area contributed by atoms with Crippen molar-refractivity contribution in [1.29, 1.82) is 0 Å². The molecule has 7 nitrogen and oxygen atoms in total. The van der Waals surface area contributed by atoms with E-state index in [4.69, 9.17) is 10.7 Å². The van der Waals surface area contributed by atoms with Crippen LogP contribution >= 0.6 is 0 Å². The molecule has 2 saturated carbocycles. The number of aromatic nitrogens is 4. The lowest BCUT2D eigenvalue weighted by atomic mass is 9.79. The molecule has 1 aromatic carbocycles. The topological polar surface area (TPSA) is 93.7 Å². The number of benzene rings is 1. The molecule has 0 radical (unpaired) electrons. The Morgan fingerprint density at radius 1 is 1.14 bits per heavy atom. The van der Waals surface area contributed by atoms with E-state index < -0.39 is 17.6 Å². The van der Waals surface area contributed by atoms with E-state index >= 15 is 0 Å². The maximum absolute atomic E-state index is 14.5. The van der Waals surface area contributed by atoms with Gasteiger partial charge in [0.2, 0.25) is 11.9 Å². The van der Waals surface area contributed by atoms with E-state index in [0.29, 0.717) is 29.6 Å². The number of hydrogen-bond donors (Lipinski definition) is 3. The second-order valence-corrected chi connectivity index (χ2v) is 9.97. The van der Waals surface area contributed by atoms with Gasteiger partial charge in [-0.15, -0.1) is 0 Å². The monoisotopic (exact) mass is 491 g/mol. The third-order valence-corrected chi connectivity index (χ3v) is 7.36. The Balaban J connectivity index is 1.55. The van der Waals surface area contributed by atoms with Crippen molar-refractivity contribution < 1.29 is 17.6 Å². The second-order valence-electron chi connectivity index (χ2n) is 9.97. The molecule has 0 saturated heterocycles. The first-order valence-electron chi connectivity index (χ1n) is 12.0. The zero-order chi connectivity index (χ0) is 24.8. The normalized spacial score (nSPS) is 22.1. The molecular weight excluding hydrogens is 462 g/mol. The molecule has 0 unspecified atom stereocenters. The molecular formula is C24H29F4N7. The minimum Gasteiger partial charge on any atom is -0.349 e. The standard InChI is InChI=1S/C24H29F4N7/c1-23(9-2-10-23)34-21-30-13-19-20(33-21)35(16-6-3-14(12-29)4-7-16)22(32-19)31-18-11-15(24(26,27)28)5-8-17(18)25/h5,8,11,13-14,16H,2-4,6-7,9-10,12,29H2,1H3,(H,31,32)(H,30,33,34). The van der Waals surface area contributed by atoms with Gasteiger partial charge in [-0.1, -0.05) is 0 Å². The maximum Gasteiger partial charge on any atom is 0.416 e. The first-order chi connectivity index (χ1) is 16.6. The van der Waals surface area contributed by atoms with Crippen LogP contribution in [0.2, 0.25) is 0 Å². The summed E-state index contributed by atoms with van der Waals surface area (Å²) in [6, 6.07) is 2.30. The number of nitrogens with one attached hydrogen (secondary N) is 2. The molecule has 2 fully saturated rings. The number of alkyl halides is 3. The van der Waals surface area contributed by atoms with Crippen molar-refractivity contribution in [3.63, 3.8) is 0 Å². The summed E-state index contributed by atoms with van der Waals surface area (Å²) >= 11 is 0. The molecule has 2 heterocycles. The largest absolute Gasteiger partial charge is 0.416 e. The van der Waals surface area contributed by atoms with Crippen molar-refractivity contribution >= 4 is 28.7 Å². The summed E-state index contributed by atoms with van der Waals surface area (Å²) in [4.78, 5) is 13.7.